The average Bonchev–Trinajstić information content (AvgIpc) is 3.41. The van der Waals surface area contributed by atoms with Crippen molar-refractivity contribution in [3.63, 3.8) is 0 Å². The highest BCUT2D eigenvalue weighted by Crippen LogP contribution is 2.16. The van der Waals surface area contributed by atoms with Crippen LogP contribution in [0.25, 0.3) is 0 Å². The standard InChI is InChI=1S/C27H29F2N3O3S/c28-23-7-3-21(4-8-23)18-32(19-25-2-1-17-36-25)26(33)20-31(12-11-30-13-15-35-16-14-30)27(34)22-5-9-24(29)10-6-22/h1-10,17H,11-16,18-20H2. The number of nitrogens with zero attached hydrogens (tertiary/aromatic N) is 3. The largest absolute Gasteiger partial charge is 0.379 e. The van der Waals surface area contributed by atoms with Crippen molar-refractivity contribution in [3.8, 4) is 0 Å². The summed E-state index contributed by atoms with van der Waals surface area (Å²) >= 11 is 1.55. The van der Waals surface area contributed by atoms with Gasteiger partial charge in [-0.1, -0.05) is 18.2 Å². The number of morpholine rings is 1. The quantitative estimate of drug-likeness (QED) is 0.411. The molecule has 2 heterocycles. The number of carbonyl (C=O) groups excluding carboxylic acids is 2. The van der Waals surface area contributed by atoms with Crippen LogP contribution in [0.15, 0.2) is 66.0 Å². The molecule has 3 aromatic rings. The van der Waals surface area contributed by atoms with Crippen molar-refractivity contribution in [2.24, 2.45) is 0 Å². The van der Waals surface area contributed by atoms with Crippen LogP contribution in [0.2, 0.25) is 0 Å². The van der Waals surface area contributed by atoms with Crippen molar-refractivity contribution in [1.29, 1.82) is 0 Å². The van der Waals surface area contributed by atoms with E-state index >= 15 is 0 Å². The summed E-state index contributed by atoms with van der Waals surface area (Å²) in [6.07, 6.45) is 0. The van der Waals surface area contributed by atoms with Gasteiger partial charge < -0.3 is 14.5 Å². The maximum absolute atomic E-state index is 13.6. The van der Waals surface area contributed by atoms with Crippen LogP contribution in [-0.2, 0) is 22.6 Å². The van der Waals surface area contributed by atoms with Gasteiger partial charge >= 0.3 is 0 Å². The number of benzene rings is 2. The van der Waals surface area contributed by atoms with Crippen molar-refractivity contribution < 1.29 is 23.1 Å². The van der Waals surface area contributed by atoms with Crippen molar-refractivity contribution in [2.45, 2.75) is 13.1 Å². The number of ether oxygens (including phenoxy) is 1. The third kappa shape index (κ3) is 7.43. The molecule has 0 atom stereocenters. The lowest BCUT2D eigenvalue weighted by Crippen LogP contribution is -2.47. The van der Waals surface area contributed by atoms with Crippen LogP contribution >= 0.6 is 11.3 Å². The van der Waals surface area contributed by atoms with Gasteiger partial charge in [0.1, 0.15) is 18.2 Å². The van der Waals surface area contributed by atoms with Gasteiger partial charge in [-0.15, -0.1) is 11.3 Å². The monoisotopic (exact) mass is 513 g/mol. The Balaban J connectivity index is 1.51. The van der Waals surface area contributed by atoms with E-state index in [1.54, 1.807) is 28.4 Å². The first-order valence-corrected chi connectivity index (χ1v) is 12.8. The van der Waals surface area contributed by atoms with E-state index in [1.165, 1.54) is 41.3 Å². The highest BCUT2D eigenvalue weighted by Gasteiger charge is 2.24. The summed E-state index contributed by atoms with van der Waals surface area (Å²) in [5, 5.41) is 1.95. The second-order valence-electron chi connectivity index (χ2n) is 8.64. The van der Waals surface area contributed by atoms with Crippen LogP contribution in [0.4, 0.5) is 8.78 Å². The number of carbonyl (C=O) groups is 2. The third-order valence-electron chi connectivity index (χ3n) is 6.06. The molecular weight excluding hydrogens is 484 g/mol. The summed E-state index contributed by atoms with van der Waals surface area (Å²) < 4.78 is 32.3. The minimum Gasteiger partial charge on any atom is -0.379 e. The molecule has 1 aromatic heterocycles. The molecule has 6 nitrogen and oxygen atoms in total. The molecule has 1 aliphatic rings. The van der Waals surface area contributed by atoms with Crippen LogP contribution in [0.3, 0.4) is 0 Å². The molecule has 1 saturated heterocycles. The van der Waals surface area contributed by atoms with Gasteiger partial charge in [0.05, 0.1) is 19.8 Å². The van der Waals surface area contributed by atoms with Crippen LogP contribution in [0.5, 0.6) is 0 Å². The topological polar surface area (TPSA) is 53.1 Å². The molecule has 4 rings (SSSR count). The maximum atomic E-state index is 13.6. The summed E-state index contributed by atoms with van der Waals surface area (Å²) in [5.74, 6) is -1.31. The van der Waals surface area contributed by atoms with E-state index in [4.69, 9.17) is 4.74 Å². The average molecular weight is 514 g/mol. The predicted octanol–water partition coefficient (Wildman–Crippen LogP) is 4.03. The first-order chi connectivity index (χ1) is 17.5. The Morgan fingerprint density at radius 1 is 0.889 bits per heavy atom. The van der Waals surface area contributed by atoms with E-state index in [9.17, 15) is 18.4 Å². The number of halogens is 2. The van der Waals surface area contributed by atoms with E-state index in [-0.39, 0.29) is 24.2 Å². The summed E-state index contributed by atoms with van der Waals surface area (Å²) in [6.45, 7) is 4.32. The Morgan fingerprint density at radius 2 is 1.56 bits per heavy atom. The van der Waals surface area contributed by atoms with E-state index in [0.29, 0.717) is 45.0 Å². The predicted molar refractivity (Wildman–Crippen MR) is 135 cm³/mol. The highest BCUT2D eigenvalue weighted by molar-refractivity contribution is 7.09. The molecule has 2 amide bonds. The van der Waals surface area contributed by atoms with Gasteiger partial charge in [0.15, 0.2) is 0 Å². The molecule has 1 aliphatic heterocycles. The summed E-state index contributed by atoms with van der Waals surface area (Å²) in [7, 11) is 0. The molecule has 0 bridgehead atoms. The van der Waals surface area contributed by atoms with Crippen molar-refractivity contribution >= 4 is 23.2 Å². The lowest BCUT2D eigenvalue weighted by molar-refractivity contribution is -0.133. The Kier molecular flexibility index (Phi) is 9.16. The van der Waals surface area contributed by atoms with Crippen LogP contribution in [0, 0.1) is 11.6 Å². The zero-order chi connectivity index (χ0) is 25.3. The van der Waals surface area contributed by atoms with E-state index < -0.39 is 5.82 Å². The molecule has 0 radical (unpaired) electrons. The molecule has 0 spiro atoms. The number of thiophene rings is 1. The molecule has 0 aliphatic carbocycles. The highest BCUT2D eigenvalue weighted by atomic mass is 32.1. The minimum atomic E-state index is -0.427. The van der Waals surface area contributed by atoms with Crippen LogP contribution in [-0.4, -0.2) is 72.5 Å². The molecular formula is C27H29F2N3O3S. The molecule has 36 heavy (non-hydrogen) atoms. The van der Waals surface area contributed by atoms with E-state index in [1.807, 2.05) is 17.5 Å². The Hall–Kier alpha value is -3.14. The summed E-state index contributed by atoms with van der Waals surface area (Å²) in [5.41, 5.74) is 1.13. The SMILES string of the molecule is O=C(CN(CCN1CCOCC1)C(=O)c1ccc(F)cc1)N(Cc1ccc(F)cc1)Cc1cccs1. The molecule has 0 saturated carbocycles. The fourth-order valence-corrected chi connectivity index (χ4v) is 4.73. The number of rotatable bonds is 10. The fraction of sp³-hybridized carbons (Fsp3) is 0.333. The van der Waals surface area contributed by atoms with Gasteiger partial charge in [0.25, 0.3) is 5.91 Å². The van der Waals surface area contributed by atoms with Crippen molar-refractivity contribution in [2.75, 3.05) is 45.9 Å². The second-order valence-corrected chi connectivity index (χ2v) is 9.68. The van der Waals surface area contributed by atoms with Gasteiger partial charge in [-0.05, 0) is 53.4 Å². The molecule has 190 valence electrons. The van der Waals surface area contributed by atoms with Gasteiger partial charge in [0, 0.05) is 43.2 Å². The summed E-state index contributed by atoms with van der Waals surface area (Å²) in [6, 6.07) is 15.3. The normalized spacial score (nSPS) is 13.9. The molecule has 0 N–H and O–H groups in total. The molecule has 0 unspecified atom stereocenters. The molecule has 1 fully saturated rings. The van der Waals surface area contributed by atoms with Gasteiger partial charge in [-0.3, -0.25) is 14.5 Å². The first-order valence-electron chi connectivity index (χ1n) is 11.9. The van der Waals surface area contributed by atoms with Crippen molar-refractivity contribution in [1.82, 2.24) is 14.7 Å². The number of amides is 2. The second kappa shape index (κ2) is 12.7. The maximum Gasteiger partial charge on any atom is 0.254 e. The van der Waals surface area contributed by atoms with E-state index in [2.05, 4.69) is 4.90 Å². The fourth-order valence-electron chi connectivity index (χ4n) is 4.01. The van der Waals surface area contributed by atoms with Crippen molar-refractivity contribution in [3.05, 3.63) is 93.7 Å². The summed E-state index contributed by atoms with van der Waals surface area (Å²) in [4.78, 5) is 33.3. The Labute approximate surface area is 213 Å². The third-order valence-corrected chi connectivity index (χ3v) is 6.92. The smallest absolute Gasteiger partial charge is 0.254 e. The zero-order valence-corrected chi connectivity index (χ0v) is 20.8. The first kappa shape index (κ1) is 25.9. The van der Waals surface area contributed by atoms with Gasteiger partial charge in [0.2, 0.25) is 5.91 Å². The zero-order valence-electron chi connectivity index (χ0n) is 19.9. The number of hydrogen-bond donors (Lipinski definition) is 0. The molecule has 2 aromatic carbocycles. The minimum absolute atomic E-state index is 0.118. The lowest BCUT2D eigenvalue weighted by Gasteiger charge is -2.31. The lowest BCUT2D eigenvalue weighted by atomic mass is 10.1. The van der Waals surface area contributed by atoms with Crippen LogP contribution in [0.1, 0.15) is 20.8 Å². The van der Waals surface area contributed by atoms with Gasteiger partial charge in [-0.2, -0.15) is 0 Å². The molecule has 9 heteroatoms. The van der Waals surface area contributed by atoms with E-state index in [0.717, 1.165) is 23.5 Å². The van der Waals surface area contributed by atoms with Gasteiger partial charge in [-0.25, -0.2) is 8.78 Å². The Morgan fingerprint density at radius 3 is 2.19 bits per heavy atom. The van der Waals surface area contributed by atoms with Crippen LogP contribution < -0.4 is 0 Å². The Bertz CT molecular complexity index is 1120. The number of hydrogen-bond acceptors (Lipinski definition) is 5.